The Balaban J connectivity index is 1.53. The van der Waals surface area contributed by atoms with Crippen LogP contribution in [-0.4, -0.2) is 29.8 Å². The molecule has 0 spiro atoms. The molecule has 3 rings (SSSR count). The van der Waals surface area contributed by atoms with Gasteiger partial charge in [0.05, 0.1) is 6.04 Å². The fraction of sp³-hybridized carbons (Fsp3) is 0.333. The number of nitrogens with zero attached hydrogens (tertiary/aromatic N) is 1. The number of carbonyl (C=O) groups is 2. The normalized spacial score (nSPS) is 16.0. The van der Waals surface area contributed by atoms with E-state index in [-0.39, 0.29) is 23.8 Å². The van der Waals surface area contributed by atoms with Gasteiger partial charge >= 0.3 is 0 Å². The van der Waals surface area contributed by atoms with Gasteiger partial charge < -0.3 is 10.2 Å². The Hall–Kier alpha value is -1.85. The Morgan fingerprint density at radius 3 is 2.44 bits per heavy atom. The molecule has 0 aromatic heterocycles. The molecule has 4 nitrogen and oxygen atoms in total. The van der Waals surface area contributed by atoms with Crippen molar-refractivity contribution in [2.45, 2.75) is 25.8 Å². The number of nitrogens with one attached hydrogen (secondary N) is 1. The van der Waals surface area contributed by atoms with E-state index in [9.17, 15) is 9.59 Å². The molecule has 1 aliphatic heterocycles. The zero-order valence-corrected chi connectivity index (χ0v) is 17.5. The first kappa shape index (κ1) is 19.9. The molecule has 0 radical (unpaired) electrons. The summed E-state index contributed by atoms with van der Waals surface area (Å²) in [6.07, 6.45) is 1.35. The van der Waals surface area contributed by atoms with Crippen LogP contribution in [0.15, 0.2) is 53.0 Å². The molecule has 1 fully saturated rings. The SMILES string of the molecule is CC(NC(=O)C1CCN(C(=O)c2ccc(Br)cc2)CC1)c1cccc(Cl)c1. The first-order valence-corrected chi connectivity index (χ1v) is 10.2. The van der Waals surface area contributed by atoms with Gasteiger partial charge in [-0.05, 0) is 61.7 Å². The van der Waals surface area contributed by atoms with E-state index in [4.69, 9.17) is 11.6 Å². The number of likely N-dealkylation sites (tertiary alicyclic amines) is 1. The monoisotopic (exact) mass is 448 g/mol. The lowest BCUT2D eigenvalue weighted by Crippen LogP contribution is -2.43. The Labute approximate surface area is 173 Å². The van der Waals surface area contributed by atoms with Crippen molar-refractivity contribution >= 4 is 39.3 Å². The van der Waals surface area contributed by atoms with E-state index >= 15 is 0 Å². The molecule has 1 saturated heterocycles. The molecule has 2 amide bonds. The second-order valence-corrected chi connectivity index (χ2v) is 8.21. The van der Waals surface area contributed by atoms with Crippen molar-refractivity contribution < 1.29 is 9.59 Å². The van der Waals surface area contributed by atoms with Crippen LogP contribution in [-0.2, 0) is 4.79 Å². The highest BCUT2D eigenvalue weighted by Gasteiger charge is 2.28. The summed E-state index contributed by atoms with van der Waals surface area (Å²) in [4.78, 5) is 27.0. The summed E-state index contributed by atoms with van der Waals surface area (Å²) < 4.78 is 0.947. The average Bonchev–Trinajstić information content (AvgIpc) is 2.68. The third-order valence-corrected chi connectivity index (χ3v) is 5.72. The van der Waals surface area contributed by atoms with E-state index in [1.165, 1.54) is 0 Å². The van der Waals surface area contributed by atoms with Gasteiger partial charge in [0.25, 0.3) is 5.91 Å². The molecular weight excluding hydrogens is 428 g/mol. The van der Waals surface area contributed by atoms with Gasteiger partial charge in [-0.1, -0.05) is 39.7 Å². The van der Waals surface area contributed by atoms with E-state index in [1.54, 1.807) is 0 Å². The van der Waals surface area contributed by atoms with Crippen molar-refractivity contribution in [2.75, 3.05) is 13.1 Å². The van der Waals surface area contributed by atoms with Crippen LogP contribution in [0.3, 0.4) is 0 Å². The number of amides is 2. The number of piperidine rings is 1. The molecule has 0 saturated carbocycles. The van der Waals surface area contributed by atoms with E-state index < -0.39 is 0 Å². The van der Waals surface area contributed by atoms with Crippen LogP contribution in [0, 0.1) is 5.92 Å². The predicted octanol–water partition coefficient (Wildman–Crippen LogP) is 4.83. The van der Waals surface area contributed by atoms with Gasteiger partial charge in [-0.25, -0.2) is 0 Å². The zero-order chi connectivity index (χ0) is 19.4. The van der Waals surface area contributed by atoms with Crippen molar-refractivity contribution in [3.63, 3.8) is 0 Å². The van der Waals surface area contributed by atoms with Crippen LogP contribution < -0.4 is 5.32 Å². The molecule has 6 heteroatoms. The van der Waals surface area contributed by atoms with Gasteiger partial charge in [0.15, 0.2) is 0 Å². The average molecular weight is 450 g/mol. The van der Waals surface area contributed by atoms with Crippen molar-refractivity contribution in [2.24, 2.45) is 5.92 Å². The van der Waals surface area contributed by atoms with Gasteiger partial charge in [-0.15, -0.1) is 0 Å². The summed E-state index contributed by atoms with van der Waals surface area (Å²) >= 11 is 9.40. The molecular formula is C21H22BrClN2O2. The van der Waals surface area contributed by atoms with Crippen molar-refractivity contribution in [1.29, 1.82) is 0 Å². The lowest BCUT2D eigenvalue weighted by atomic mass is 9.94. The fourth-order valence-corrected chi connectivity index (χ4v) is 3.77. The molecule has 2 aromatic carbocycles. The van der Waals surface area contributed by atoms with Crippen LogP contribution in [0.5, 0.6) is 0 Å². The first-order chi connectivity index (χ1) is 12.9. The Bertz CT molecular complexity index is 817. The largest absolute Gasteiger partial charge is 0.349 e. The van der Waals surface area contributed by atoms with Gasteiger partial charge in [0.1, 0.15) is 0 Å². The molecule has 1 N–H and O–H groups in total. The molecule has 2 aromatic rings. The molecule has 0 bridgehead atoms. The first-order valence-electron chi connectivity index (χ1n) is 9.04. The Morgan fingerprint density at radius 2 is 1.81 bits per heavy atom. The molecule has 1 aliphatic rings. The summed E-state index contributed by atoms with van der Waals surface area (Å²) in [5, 5.41) is 3.73. The summed E-state index contributed by atoms with van der Waals surface area (Å²) in [5.41, 5.74) is 1.66. The number of hydrogen-bond acceptors (Lipinski definition) is 2. The Morgan fingerprint density at radius 1 is 1.15 bits per heavy atom. The minimum Gasteiger partial charge on any atom is -0.349 e. The maximum Gasteiger partial charge on any atom is 0.253 e. The number of halogens is 2. The molecule has 142 valence electrons. The molecule has 0 aliphatic carbocycles. The molecule has 27 heavy (non-hydrogen) atoms. The van der Waals surface area contributed by atoms with Gasteiger partial charge in [0, 0.05) is 34.1 Å². The highest BCUT2D eigenvalue weighted by atomic mass is 79.9. The summed E-state index contributed by atoms with van der Waals surface area (Å²) in [6, 6.07) is 14.8. The van der Waals surface area contributed by atoms with Crippen LogP contribution >= 0.6 is 27.5 Å². The van der Waals surface area contributed by atoms with E-state index in [1.807, 2.05) is 60.4 Å². The second-order valence-electron chi connectivity index (χ2n) is 6.86. The smallest absolute Gasteiger partial charge is 0.253 e. The predicted molar refractivity (Wildman–Crippen MR) is 111 cm³/mol. The second kappa shape index (κ2) is 8.89. The van der Waals surface area contributed by atoms with Gasteiger partial charge in [-0.3, -0.25) is 9.59 Å². The fourth-order valence-electron chi connectivity index (χ4n) is 3.31. The highest BCUT2D eigenvalue weighted by Crippen LogP contribution is 2.22. The zero-order valence-electron chi connectivity index (χ0n) is 15.1. The summed E-state index contributed by atoms with van der Waals surface area (Å²) in [7, 11) is 0. The maximum absolute atomic E-state index is 12.6. The molecule has 1 unspecified atom stereocenters. The number of rotatable bonds is 4. The van der Waals surface area contributed by atoms with Crippen molar-refractivity contribution in [3.05, 3.63) is 69.2 Å². The van der Waals surface area contributed by atoms with Gasteiger partial charge in [-0.2, -0.15) is 0 Å². The van der Waals surface area contributed by atoms with Crippen LogP contribution in [0.25, 0.3) is 0 Å². The third-order valence-electron chi connectivity index (χ3n) is 4.95. The minimum absolute atomic E-state index is 0.0219. The van der Waals surface area contributed by atoms with Crippen LogP contribution in [0.4, 0.5) is 0 Å². The Kier molecular flexibility index (Phi) is 6.55. The quantitative estimate of drug-likeness (QED) is 0.726. The van der Waals surface area contributed by atoms with E-state index in [2.05, 4.69) is 21.2 Å². The number of benzene rings is 2. The minimum atomic E-state index is -0.0985. The van der Waals surface area contributed by atoms with Crippen LogP contribution in [0.2, 0.25) is 5.02 Å². The summed E-state index contributed by atoms with van der Waals surface area (Å²) in [6.45, 7) is 3.15. The van der Waals surface area contributed by atoms with Gasteiger partial charge in [0.2, 0.25) is 5.91 Å². The third kappa shape index (κ3) is 5.11. The van der Waals surface area contributed by atoms with Crippen LogP contribution in [0.1, 0.15) is 41.7 Å². The van der Waals surface area contributed by atoms with Crippen molar-refractivity contribution in [1.82, 2.24) is 10.2 Å². The standard InChI is InChI=1S/C21H22BrClN2O2/c1-14(17-3-2-4-19(23)13-17)24-20(26)15-9-11-25(12-10-15)21(27)16-5-7-18(22)8-6-16/h2-8,13-15H,9-12H2,1H3,(H,24,26). The number of carbonyl (C=O) groups excluding carboxylic acids is 2. The summed E-state index contributed by atoms with van der Waals surface area (Å²) in [5.74, 6) is -0.00697. The lowest BCUT2D eigenvalue weighted by Gasteiger charge is -2.32. The van der Waals surface area contributed by atoms with Crippen molar-refractivity contribution in [3.8, 4) is 0 Å². The lowest BCUT2D eigenvalue weighted by molar-refractivity contribution is -0.126. The number of hydrogen-bond donors (Lipinski definition) is 1. The van der Waals surface area contributed by atoms with E-state index in [0.29, 0.717) is 36.5 Å². The molecule has 1 heterocycles. The maximum atomic E-state index is 12.6. The van der Waals surface area contributed by atoms with E-state index in [0.717, 1.165) is 10.0 Å². The molecule has 1 atom stereocenters. The topological polar surface area (TPSA) is 49.4 Å². The highest BCUT2D eigenvalue weighted by molar-refractivity contribution is 9.10.